The molecule has 0 radical (unpaired) electrons. The Kier molecular flexibility index (Phi) is 3.27. The van der Waals surface area contributed by atoms with Crippen molar-refractivity contribution >= 4 is 11.5 Å². The van der Waals surface area contributed by atoms with E-state index in [-0.39, 0.29) is 6.61 Å². The van der Waals surface area contributed by atoms with Crippen LogP contribution in [-0.4, -0.2) is 21.6 Å². The Morgan fingerprint density at radius 1 is 1.29 bits per heavy atom. The number of benzene rings is 1. The van der Waals surface area contributed by atoms with E-state index in [9.17, 15) is 5.11 Å². The van der Waals surface area contributed by atoms with Gasteiger partial charge in [0.15, 0.2) is 0 Å². The lowest BCUT2D eigenvalue weighted by atomic mass is 10.1. The molecule has 0 atom stereocenters. The van der Waals surface area contributed by atoms with Crippen LogP contribution in [-0.2, 0) is 6.61 Å². The van der Waals surface area contributed by atoms with Gasteiger partial charge in [0, 0.05) is 11.8 Å². The van der Waals surface area contributed by atoms with Crippen molar-refractivity contribution in [3.05, 3.63) is 47.7 Å². The van der Waals surface area contributed by atoms with Gasteiger partial charge in [0.25, 0.3) is 0 Å². The molecular formula is C16H17N3O2. The minimum Gasteiger partial charge on any atom is -0.496 e. The van der Waals surface area contributed by atoms with E-state index in [2.05, 4.69) is 4.98 Å². The number of hydrogen-bond acceptors (Lipinski definition) is 4. The van der Waals surface area contributed by atoms with Crippen molar-refractivity contribution in [2.45, 2.75) is 13.5 Å². The highest BCUT2D eigenvalue weighted by Gasteiger charge is 2.12. The highest BCUT2D eigenvalue weighted by Crippen LogP contribution is 2.30. The third-order valence-electron chi connectivity index (χ3n) is 3.58. The van der Waals surface area contributed by atoms with Crippen LogP contribution in [0.1, 0.15) is 11.1 Å². The molecule has 0 unspecified atom stereocenters. The Balaban J connectivity index is 2.16. The number of fused-ring (bicyclic) bond motifs is 1. The molecule has 2 aromatic heterocycles. The number of nitrogen functional groups attached to an aromatic ring is 1. The molecule has 0 fully saturated rings. The number of ether oxygens (including phenoxy) is 1. The van der Waals surface area contributed by atoms with Gasteiger partial charge in [-0.05, 0) is 48.4 Å². The Labute approximate surface area is 122 Å². The van der Waals surface area contributed by atoms with Gasteiger partial charge in [-0.2, -0.15) is 0 Å². The molecule has 108 valence electrons. The Morgan fingerprint density at radius 3 is 2.76 bits per heavy atom. The molecule has 5 nitrogen and oxygen atoms in total. The van der Waals surface area contributed by atoms with E-state index in [4.69, 9.17) is 10.5 Å². The maximum absolute atomic E-state index is 9.20. The van der Waals surface area contributed by atoms with Crippen LogP contribution in [0.2, 0.25) is 0 Å². The zero-order chi connectivity index (χ0) is 15.0. The number of rotatable bonds is 3. The van der Waals surface area contributed by atoms with Crippen molar-refractivity contribution in [3.63, 3.8) is 0 Å². The van der Waals surface area contributed by atoms with Crippen molar-refractivity contribution in [3.8, 4) is 17.0 Å². The molecule has 3 N–H and O–H groups in total. The summed E-state index contributed by atoms with van der Waals surface area (Å²) in [6.45, 7) is 1.97. The molecule has 5 heteroatoms. The predicted octanol–water partition coefficient (Wildman–Crippen LogP) is 2.39. The number of aliphatic hydroxyl groups excluding tert-OH is 1. The van der Waals surface area contributed by atoms with E-state index >= 15 is 0 Å². The van der Waals surface area contributed by atoms with Gasteiger partial charge < -0.3 is 15.6 Å². The largest absolute Gasteiger partial charge is 0.496 e. The Hall–Kier alpha value is -2.53. The second kappa shape index (κ2) is 5.10. The van der Waals surface area contributed by atoms with Gasteiger partial charge in [0.1, 0.15) is 22.9 Å². The summed E-state index contributed by atoms with van der Waals surface area (Å²) in [5.74, 6) is 1.42. The topological polar surface area (TPSA) is 72.8 Å². The second-order valence-electron chi connectivity index (χ2n) is 4.95. The summed E-state index contributed by atoms with van der Waals surface area (Å²) in [7, 11) is 1.65. The van der Waals surface area contributed by atoms with Crippen molar-refractivity contribution in [2.75, 3.05) is 12.8 Å². The number of pyridine rings is 1. The standard InChI is InChI=1S/C16H17N3O2/c1-10-7-12(3-4-13(10)21-2)15-16(17)19-6-5-11(9-20)8-14(19)18-15/h3-8,20H,9,17H2,1-2H3. The SMILES string of the molecule is COc1ccc(-c2nc3cc(CO)ccn3c2N)cc1C. The zero-order valence-electron chi connectivity index (χ0n) is 12.0. The lowest BCUT2D eigenvalue weighted by Crippen LogP contribution is -1.95. The number of nitrogens with two attached hydrogens (primary N) is 1. The van der Waals surface area contributed by atoms with Crippen molar-refractivity contribution in [1.82, 2.24) is 9.38 Å². The molecule has 0 aliphatic carbocycles. The maximum atomic E-state index is 9.20. The molecule has 1 aromatic carbocycles. The molecule has 2 heterocycles. The number of aliphatic hydroxyl groups is 1. The summed E-state index contributed by atoms with van der Waals surface area (Å²) in [6, 6.07) is 9.51. The first kappa shape index (κ1) is 13.5. The first-order valence-corrected chi connectivity index (χ1v) is 6.66. The zero-order valence-corrected chi connectivity index (χ0v) is 12.0. The quantitative estimate of drug-likeness (QED) is 0.774. The minimum atomic E-state index is -0.0136. The van der Waals surface area contributed by atoms with Crippen LogP contribution in [0.3, 0.4) is 0 Å². The molecule has 3 rings (SSSR count). The van der Waals surface area contributed by atoms with Crippen LogP contribution >= 0.6 is 0 Å². The molecule has 0 bridgehead atoms. The second-order valence-corrected chi connectivity index (χ2v) is 4.95. The highest BCUT2D eigenvalue weighted by atomic mass is 16.5. The van der Waals surface area contributed by atoms with E-state index in [0.29, 0.717) is 5.82 Å². The van der Waals surface area contributed by atoms with Crippen LogP contribution in [0.4, 0.5) is 5.82 Å². The summed E-state index contributed by atoms with van der Waals surface area (Å²) < 4.78 is 7.08. The smallest absolute Gasteiger partial charge is 0.139 e. The fraction of sp³-hybridized carbons (Fsp3) is 0.188. The normalized spacial score (nSPS) is 11.0. The monoisotopic (exact) mass is 283 g/mol. The molecule has 0 spiro atoms. The van der Waals surface area contributed by atoms with Gasteiger partial charge in [0.05, 0.1) is 13.7 Å². The van der Waals surface area contributed by atoms with Gasteiger partial charge in [-0.15, -0.1) is 0 Å². The molecule has 0 saturated heterocycles. The van der Waals surface area contributed by atoms with Crippen LogP contribution in [0, 0.1) is 6.92 Å². The van der Waals surface area contributed by atoms with Crippen molar-refractivity contribution in [1.29, 1.82) is 0 Å². The number of nitrogens with zero attached hydrogens (tertiary/aromatic N) is 2. The third kappa shape index (κ3) is 2.21. The van der Waals surface area contributed by atoms with Crippen LogP contribution < -0.4 is 10.5 Å². The van der Waals surface area contributed by atoms with E-state index < -0.39 is 0 Å². The Bertz CT molecular complexity index is 809. The average Bonchev–Trinajstić information content (AvgIpc) is 2.83. The average molecular weight is 283 g/mol. The maximum Gasteiger partial charge on any atom is 0.139 e. The van der Waals surface area contributed by atoms with Crippen molar-refractivity contribution in [2.24, 2.45) is 0 Å². The van der Waals surface area contributed by atoms with Crippen LogP contribution in [0.15, 0.2) is 36.5 Å². The minimum absolute atomic E-state index is 0.0136. The van der Waals surface area contributed by atoms with E-state index in [1.165, 1.54) is 0 Å². The molecule has 0 aliphatic rings. The molecule has 0 amide bonds. The van der Waals surface area contributed by atoms with Crippen molar-refractivity contribution < 1.29 is 9.84 Å². The summed E-state index contributed by atoms with van der Waals surface area (Å²) in [6.07, 6.45) is 1.82. The van der Waals surface area contributed by atoms with Gasteiger partial charge in [-0.1, -0.05) is 0 Å². The van der Waals surface area contributed by atoms with Gasteiger partial charge >= 0.3 is 0 Å². The van der Waals surface area contributed by atoms with E-state index in [0.717, 1.165) is 33.8 Å². The number of methoxy groups -OCH3 is 1. The van der Waals surface area contributed by atoms with E-state index in [1.54, 1.807) is 7.11 Å². The van der Waals surface area contributed by atoms with Gasteiger partial charge in [-0.25, -0.2) is 4.98 Å². The van der Waals surface area contributed by atoms with Crippen LogP contribution in [0.25, 0.3) is 16.9 Å². The summed E-state index contributed by atoms with van der Waals surface area (Å²) in [5, 5.41) is 9.20. The molecular weight excluding hydrogens is 266 g/mol. The lowest BCUT2D eigenvalue weighted by molar-refractivity contribution is 0.282. The number of imidazole rings is 1. The molecule has 3 aromatic rings. The number of hydrogen-bond donors (Lipinski definition) is 2. The number of aryl methyl sites for hydroxylation is 1. The van der Waals surface area contributed by atoms with E-state index in [1.807, 2.05) is 47.9 Å². The number of anilines is 1. The fourth-order valence-electron chi connectivity index (χ4n) is 2.44. The fourth-order valence-corrected chi connectivity index (χ4v) is 2.44. The summed E-state index contributed by atoms with van der Waals surface area (Å²) in [5.41, 5.74) is 10.4. The number of aromatic nitrogens is 2. The molecule has 21 heavy (non-hydrogen) atoms. The van der Waals surface area contributed by atoms with Gasteiger partial charge in [0.2, 0.25) is 0 Å². The van der Waals surface area contributed by atoms with Gasteiger partial charge in [-0.3, -0.25) is 4.40 Å². The first-order chi connectivity index (χ1) is 10.1. The Morgan fingerprint density at radius 2 is 2.10 bits per heavy atom. The first-order valence-electron chi connectivity index (χ1n) is 6.66. The molecule has 0 aliphatic heterocycles. The highest BCUT2D eigenvalue weighted by molar-refractivity contribution is 5.76. The lowest BCUT2D eigenvalue weighted by Gasteiger charge is -2.06. The molecule has 0 saturated carbocycles. The summed E-state index contributed by atoms with van der Waals surface area (Å²) >= 11 is 0. The van der Waals surface area contributed by atoms with Crippen LogP contribution in [0.5, 0.6) is 5.75 Å². The summed E-state index contributed by atoms with van der Waals surface area (Å²) in [4.78, 5) is 4.57. The predicted molar refractivity (Wildman–Crippen MR) is 82.3 cm³/mol. The third-order valence-corrected chi connectivity index (χ3v) is 3.58.